The van der Waals surface area contributed by atoms with E-state index in [4.69, 9.17) is 10.2 Å². The molecule has 19 heavy (non-hydrogen) atoms. The lowest BCUT2D eigenvalue weighted by molar-refractivity contribution is 0.0947. The smallest absolute Gasteiger partial charge is 0.273 e. The highest BCUT2D eigenvalue weighted by molar-refractivity contribution is 5.91. The molecule has 3 N–H and O–H groups in total. The van der Waals surface area contributed by atoms with E-state index in [1.54, 1.807) is 0 Å². The number of hydrogen-bond acceptors (Lipinski definition) is 4. The van der Waals surface area contributed by atoms with Crippen LogP contribution in [0.25, 0.3) is 0 Å². The summed E-state index contributed by atoms with van der Waals surface area (Å²) in [7, 11) is 0. The predicted molar refractivity (Wildman–Crippen MR) is 74.7 cm³/mol. The van der Waals surface area contributed by atoms with E-state index < -0.39 is 0 Å². The molecule has 0 fully saturated rings. The van der Waals surface area contributed by atoms with Crippen LogP contribution in [0.2, 0.25) is 0 Å². The summed E-state index contributed by atoms with van der Waals surface area (Å²) in [5.41, 5.74) is 6.26. The summed E-state index contributed by atoms with van der Waals surface area (Å²) >= 11 is 0. The summed E-state index contributed by atoms with van der Waals surface area (Å²) in [4.78, 5) is 16.0. The van der Waals surface area contributed by atoms with Gasteiger partial charge in [-0.3, -0.25) is 4.79 Å². The molecule has 0 saturated carbocycles. The summed E-state index contributed by atoms with van der Waals surface area (Å²) < 4.78 is 5.28. The lowest BCUT2D eigenvalue weighted by atomic mass is 10.1. The zero-order valence-electron chi connectivity index (χ0n) is 12.1. The Morgan fingerprint density at radius 2 is 2.21 bits per heavy atom. The molecular formula is C14H25N3O2. The van der Waals surface area contributed by atoms with E-state index >= 15 is 0 Å². The molecule has 108 valence electrons. The fourth-order valence-corrected chi connectivity index (χ4v) is 1.67. The first-order valence-electron chi connectivity index (χ1n) is 7.03. The van der Waals surface area contributed by atoms with Crippen molar-refractivity contribution in [2.24, 2.45) is 11.7 Å². The molecule has 0 aliphatic rings. The monoisotopic (exact) mass is 267 g/mol. The van der Waals surface area contributed by atoms with Crippen LogP contribution in [0.1, 0.15) is 68.9 Å². The quantitative estimate of drug-likeness (QED) is 0.758. The third kappa shape index (κ3) is 5.42. The van der Waals surface area contributed by atoms with Gasteiger partial charge >= 0.3 is 0 Å². The molecule has 1 rings (SSSR count). The summed E-state index contributed by atoms with van der Waals surface area (Å²) in [5.74, 6) is 0.816. The normalized spacial score (nSPS) is 12.7. The van der Waals surface area contributed by atoms with Crippen molar-refractivity contribution in [1.82, 2.24) is 10.3 Å². The fraction of sp³-hybridized carbons (Fsp3) is 0.714. The number of carbonyl (C=O) groups is 1. The third-order valence-electron chi connectivity index (χ3n) is 2.95. The van der Waals surface area contributed by atoms with E-state index in [2.05, 4.69) is 31.1 Å². The Morgan fingerprint density at radius 3 is 2.84 bits per heavy atom. The standard InChI is InChI=1S/C14H25N3O2/c1-4-5-6-11(15)14-17-12(9-19-14)13(18)16-8-7-10(2)3/h9-11H,4-8,15H2,1-3H3,(H,16,18). The van der Waals surface area contributed by atoms with Gasteiger partial charge in [-0.2, -0.15) is 0 Å². The highest BCUT2D eigenvalue weighted by atomic mass is 16.3. The number of carbonyl (C=O) groups excluding carboxylic acids is 1. The van der Waals surface area contributed by atoms with E-state index in [1.165, 1.54) is 6.26 Å². The third-order valence-corrected chi connectivity index (χ3v) is 2.95. The number of nitrogens with one attached hydrogen (secondary N) is 1. The van der Waals surface area contributed by atoms with Gasteiger partial charge in [-0.05, 0) is 18.8 Å². The van der Waals surface area contributed by atoms with Crippen LogP contribution in [-0.4, -0.2) is 17.4 Å². The van der Waals surface area contributed by atoms with Gasteiger partial charge in [-0.1, -0.05) is 33.6 Å². The van der Waals surface area contributed by atoms with Crippen LogP contribution >= 0.6 is 0 Å². The van der Waals surface area contributed by atoms with Gasteiger partial charge in [0.15, 0.2) is 5.69 Å². The van der Waals surface area contributed by atoms with Crippen molar-refractivity contribution in [3.8, 4) is 0 Å². The second kappa shape index (κ2) is 7.94. The number of aromatic nitrogens is 1. The molecule has 1 amide bonds. The van der Waals surface area contributed by atoms with Crippen molar-refractivity contribution in [1.29, 1.82) is 0 Å². The summed E-state index contributed by atoms with van der Waals surface area (Å²) in [5, 5.41) is 2.82. The summed E-state index contributed by atoms with van der Waals surface area (Å²) in [6, 6.07) is -0.225. The first kappa shape index (κ1) is 15.7. The molecule has 0 aliphatic carbocycles. The molecule has 5 heteroatoms. The Labute approximate surface area is 115 Å². The van der Waals surface area contributed by atoms with Gasteiger partial charge in [0.05, 0.1) is 6.04 Å². The van der Waals surface area contributed by atoms with Gasteiger partial charge in [0, 0.05) is 6.54 Å². The van der Waals surface area contributed by atoms with E-state index in [9.17, 15) is 4.79 Å². The summed E-state index contributed by atoms with van der Waals surface area (Å²) in [6.07, 6.45) is 5.26. The average Bonchev–Trinajstić information content (AvgIpc) is 2.85. The van der Waals surface area contributed by atoms with Gasteiger partial charge in [0.1, 0.15) is 6.26 Å². The molecule has 0 bridgehead atoms. The molecule has 0 aliphatic heterocycles. The van der Waals surface area contributed by atoms with Crippen LogP contribution in [-0.2, 0) is 0 Å². The van der Waals surface area contributed by atoms with Gasteiger partial charge in [0.2, 0.25) is 5.89 Å². The van der Waals surface area contributed by atoms with Gasteiger partial charge in [-0.25, -0.2) is 4.98 Å². The molecule has 0 aromatic carbocycles. The van der Waals surface area contributed by atoms with Crippen molar-refractivity contribution in [2.75, 3.05) is 6.54 Å². The second-order valence-corrected chi connectivity index (χ2v) is 5.26. The molecular weight excluding hydrogens is 242 g/mol. The van der Waals surface area contributed by atoms with Crippen LogP contribution in [0.15, 0.2) is 10.7 Å². The van der Waals surface area contributed by atoms with Crippen molar-refractivity contribution >= 4 is 5.91 Å². The van der Waals surface area contributed by atoms with Crippen molar-refractivity contribution < 1.29 is 9.21 Å². The number of nitrogens with zero attached hydrogens (tertiary/aromatic N) is 1. The van der Waals surface area contributed by atoms with Crippen molar-refractivity contribution in [3.63, 3.8) is 0 Å². The minimum atomic E-state index is -0.225. The number of amides is 1. The van der Waals surface area contributed by atoms with Crippen LogP contribution in [0.4, 0.5) is 0 Å². The zero-order valence-corrected chi connectivity index (χ0v) is 12.1. The Kier molecular flexibility index (Phi) is 6.56. The van der Waals surface area contributed by atoms with Gasteiger partial charge in [-0.15, -0.1) is 0 Å². The zero-order chi connectivity index (χ0) is 14.3. The number of hydrogen-bond donors (Lipinski definition) is 2. The molecule has 1 aromatic rings. The second-order valence-electron chi connectivity index (χ2n) is 5.26. The predicted octanol–water partition coefficient (Wildman–Crippen LogP) is 2.64. The molecule has 1 unspecified atom stereocenters. The number of unbranched alkanes of at least 4 members (excludes halogenated alkanes) is 1. The first-order chi connectivity index (χ1) is 9.04. The number of nitrogens with two attached hydrogens (primary N) is 1. The highest BCUT2D eigenvalue weighted by Gasteiger charge is 2.16. The van der Waals surface area contributed by atoms with Crippen molar-refractivity contribution in [2.45, 2.75) is 52.5 Å². The summed E-state index contributed by atoms with van der Waals surface area (Å²) in [6.45, 7) is 7.00. The molecule has 1 atom stereocenters. The molecule has 5 nitrogen and oxygen atoms in total. The van der Waals surface area contributed by atoms with Crippen LogP contribution in [0, 0.1) is 5.92 Å². The lowest BCUT2D eigenvalue weighted by Gasteiger charge is -2.06. The Hall–Kier alpha value is -1.36. The molecule has 1 aromatic heterocycles. The largest absolute Gasteiger partial charge is 0.446 e. The highest BCUT2D eigenvalue weighted by Crippen LogP contribution is 2.16. The number of rotatable bonds is 8. The van der Waals surface area contributed by atoms with Gasteiger partial charge in [0.25, 0.3) is 5.91 Å². The first-order valence-corrected chi connectivity index (χ1v) is 7.03. The minimum Gasteiger partial charge on any atom is -0.446 e. The Morgan fingerprint density at radius 1 is 1.47 bits per heavy atom. The molecule has 1 heterocycles. The fourth-order valence-electron chi connectivity index (χ4n) is 1.67. The van der Waals surface area contributed by atoms with E-state index in [-0.39, 0.29) is 11.9 Å². The van der Waals surface area contributed by atoms with E-state index in [0.717, 1.165) is 25.7 Å². The average molecular weight is 267 g/mol. The van der Waals surface area contributed by atoms with Crippen LogP contribution in [0.3, 0.4) is 0 Å². The molecule has 0 spiro atoms. The topological polar surface area (TPSA) is 81.1 Å². The van der Waals surface area contributed by atoms with E-state index in [0.29, 0.717) is 24.0 Å². The molecule has 0 saturated heterocycles. The van der Waals surface area contributed by atoms with Crippen LogP contribution < -0.4 is 11.1 Å². The minimum absolute atomic E-state index is 0.196. The molecule has 0 radical (unpaired) electrons. The number of oxazole rings is 1. The maximum absolute atomic E-state index is 11.8. The maximum atomic E-state index is 11.8. The van der Waals surface area contributed by atoms with Crippen LogP contribution in [0.5, 0.6) is 0 Å². The maximum Gasteiger partial charge on any atom is 0.273 e. The Balaban J connectivity index is 2.46. The lowest BCUT2D eigenvalue weighted by Crippen LogP contribution is -2.25. The van der Waals surface area contributed by atoms with E-state index in [1.807, 2.05) is 0 Å². The van der Waals surface area contributed by atoms with Gasteiger partial charge < -0.3 is 15.5 Å². The Bertz CT molecular complexity index is 388. The van der Waals surface area contributed by atoms with Crippen molar-refractivity contribution in [3.05, 3.63) is 17.8 Å². The SMILES string of the molecule is CCCCC(N)c1nc(C(=O)NCCC(C)C)co1.